The first kappa shape index (κ1) is 21.7. The van der Waals surface area contributed by atoms with Gasteiger partial charge in [-0.15, -0.1) is 0 Å². The van der Waals surface area contributed by atoms with E-state index >= 15 is 0 Å². The van der Waals surface area contributed by atoms with Gasteiger partial charge in [0.15, 0.2) is 5.75 Å². The minimum Gasteiger partial charge on any atom is -0.453 e. The molecule has 0 radical (unpaired) electrons. The zero-order valence-electron chi connectivity index (χ0n) is 15.7. The normalized spacial score (nSPS) is 10.7. The van der Waals surface area contributed by atoms with E-state index < -0.39 is 40.2 Å². The second kappa shape index (κ2) is 8.38. The van der Waals surface area contributed by atoms with Gasteiger partial charge in [-0.05, 0) is 59.8 Å². The number of primary amides is 1. The number of ether oxygens (including phenoxy) is 1. The molecule has 1 aromatic heterocycles. The van der Waals surface area contributed by atoms with Crippen LogP contribution < -0.4 is 21.3 Å². The molecule has 0 bridgehead atoms. The van der Waals surface area contributed by atoms with Crippen molar-refractivity contribution >= 4 is 40.0 Å². The Morgan fingerprint density at radius 3 is 2.50 bits per heavy atom. The number of aromatic nitrogens is 1. The fourth-order valence-corrected chi connectivity index (χ4v) is 3.18. The fraction of sp³-hybridized carbons (Fsp3) is 0.100. The van der Waals surface area contributed by atoms with E-state index in [1.807, 2.05) is 22.6 Å². The summed E-state index contributed by atoms with van der Waals surface area (Å²) in [5.41, 5.74) is 3.70. The maximum Gasteiger partial charge on any atom is 0.291 e. The number of pyridine rings is 1. The summed E-state index contributed by atoms with van der Waals surface area (Å²) in [7, 11) is 1.18. The van der Waals surface area contributed by atoms with Crippen molar-refractivity contribution in [1.82, 2.24) is 4.57 Å². The lowest BCUT2D eigenvalue weighted by atomic mass is 10.1. The van der Waals surface area contributed by atoms with Gasteiger partial charge in [0.25, 0.3) is 11.5 Å². The van der Waals surface area contributed by atoms with Gasteiger partial charge in [-0.3, -0.25) is 14.2 Å². The monoisotopic (exact) mass is 529 g/mol. The molecule has 0 aliphatic carbocycles. The van der Waals surface area contributed by atoms with E-state index in [1.54, 1.807) is 6.07 Å². The van der Waals surface area contributed by atoms with Crippen LogP contribution in [0.3, 0.4) is 0 Å². The number of halogens is 4. The van der Waals surface area contributed by atoms with Crippen molar-refractivity contribution in [2.75, 3.05) is 5.32 Å². The Kier molecular flexibility index (Phi) is 6.06. The molecule has 0 fully saturated rings. The number of hydrogen-bond acceptors (Lipinski definition) is 4. The summed E-state index contributed by atoms with van der Waals surface area (Å²) < 4.78 is 49.7. The lowest BCUT2D eigenvalue weighted by Crippen LogP contribution is -2.28. The van der Waals surface area contributed by atoms with Crippen LogP contribution >= 0.6 is 22.6 Å². The Balaban J connectivity index is 2.24. The molecular weight excluding hydrogens is 514 g/mol. The number of rotatable bonds is 5. The van der Waals surface area contributed by atoms with Crippen LogP contribution in [0.2, 0.25) is 0 Å². The van der Waals surface area contributed by atoms with E-state index in [4.69, 9.17) is 10.5 Å². The van der Waals surface area contributed by atoms with Crippen molar-refractivity contribution in [2.45, 2.75) is 6.92 Å². The molecule has 2 aromatic carbocycles. The van der Waals surface area contributed by atoms with Crippen LogP contribution in [0.15, 0.2) is 41.2 Å². The smallest absolute Gasteiger partial charge is 0.291 e. The number of carbonyl (C=O) groups excluding carboxylic acids is 1. The van der Waals surface area contributed by atoms with Gasteiger partial charge >= 0.3 is 0 Å². The third-order valence-electron chi connectivity index (χ3n) is 4.35. The summed E-state index contributed by atoms with van der Waals surface area (Å²) in [5.74, 6) is -5.01. The highest BCUT2D eigenvalue weighted by Gasteiger charge is 2.27. The summed E-state index contributed by atoms with van der Waals surface area (Å²) in [5, 5.41) is 2.60. The molecule has 3 N–H and O–H groups in total. The number of nitrogens with two attached hydrogens (primary N) is 1. The fourth-order valence-electron chi connectivity index (χ4n) is 2.73. The van der Waals surface area contributed by atoms with Crippen LogP contribution in [-0.2, 0) is 7.05 Å². The highest BCUT2D eigenvalue weighted by atomic mass is 127. The van der Waals surface area contributed by atoms with Crippen molar-refractivity contribution in [1.29, 1.82) is 0 Å². The van der Waals surface area contributed by atoms with Crippen LogP contribution in [0.5, 0.6) is 11.5 Å². The predicted octanol–water partition coefficient (Wildman–Crippen LogP) is 4.35. The van der Waals surface area contributed by atoms with Crippen LogP contribution in [0.4, 0.5) is 24.7 Å². The highest BCUT2D eigenvalue weighted by Crippen LogP contribution is 2.35. The molecule has 3 rings (SSSR count). The van der Waals surface area contributed by atoms with E-state index in [1.165, 1.54) is 44.3 Å². The SMILES string of the molecule is Cc1c(F)cccc1Oc1c(C(N)=O)c(Nc2ccc(I)cc2F)n(C)c(=O)c1F. The molecule has 0 saturated carbocycles. The summed E-state index contributed by atoms with van der Waals surface area (Å²) >= 11 is 1.91. The summed E-state index contributed by atoms with van der Waals surface area (Å²) in [4.78, 5) is 24.6. The number of anilines is 2. The molecule has 0 atom stereocenters. The van der Waals surface area contributed by atoms with Gasteiger partial charge < -0.3 is 15.8 Å². The number of nitrogens with one attached hydrogen (secondary N) is 1. The van der Waals surface area contributed by atoms with Crippen molar-refractivity contribution < 1.29 is 22.7 Å². The standard InChI is InChI=1S/C20H15F3IN3O3/c1-9-11(21)4-3-5-14(9)30-17-15(18(25)28)19(27(2)20(29)16(17)23)26-13-7-6-10(24)8-12(13)22/h3-8,26H,1-2H3,(H2,25,28). The molecule has 1 amide bonds. The first-order chi connectivity index (χ1) is 14.1. The van der Waals surface area contributed by atoms with Gasteiger partial charge in [0.2, 0.25) is 5.82 Å². The van der Waals surface area contributed by atoms with Gasteiger partial charge in [-0.2, -0.15) is 4.39 Å². The van der Waals surface area contributed by atoms with Gasteiger partial charge in [0, 0.05) is 16.2 Å². The third kappa shape index (κ3) is 3.99. The predicted molar refractivity (Wildman–Crippen MR) is 114 cm³/mol. The van der Waals surface area contributed by atoms with Crippen molar-refractivity contribution in [2.24, 2.45) is 12.8 Å². The minimum absolute atomic E-state index is 0.0335. The first-order valence-corrected chi connectivity index (χ1v) is 9.57. The Hall–Kier alpha value is -3.02. The van der Waals surface area contributed by atoms with Crippen molar-refractivity contribution in [3.05, 3.63) is 78.9 Å². The van der Waals surface area contributed by atoms with E-state index in [-0.39, 0.29) is 22.8 Å². The molecule has 30 heavy (non-hydrogen) atoms. The molecule has 0 unspecified atom stereocenters. The Morgan fingerprint density at radius 1 is 1.17 bits per heavy atom. The third-order valence-corrected chi connectivity index (χ3v) is 5.02. The van der Waals surface area contributed by atoms with Crippen LogP contribution in [0.1, 0.15) is 15.9 Å². The number of carbonyl (C=O) groups is 1. The van der Waals surface area contributed by atoms with E-state index in [0.29, 0.717) is 3.57 Å². The molecule has 3 aromatic rings. The summed E-state index contributed by atoms with van der Waals surface area (Å²) in [6, 6.07) is 8.02. The second-order valence-electron chi connectivity index (χ2n) is 6.31. The molecule has 0 aliphatic heterocycles. The zero-order chi connectivity index (χ0) is 22.2. The number of benzene rings is 2. The first-order valence-electron chi connectivity index (χ1n) is 8.49. The molecule has 10 heteroatoms. The zero-order valence-corrected chi connectivity index (χ0v) is 17.9. The molecular formula is C20H15F3IN3O3. The largest absolute Gasteiger partial charge is 0.453 e. The average molecular weight is 529 g/mol. The Labute approximate surface area is 182 Å². The Bertz CT molecular complexity index is 1230. The van der Waals surface area contributed by atoms with Gasteiger partial charge in [-0.1, -0.05) is 6.07 Å². The maximum absolute atomic E-state index is 14.8. The quantitative estimate of drug-likeness (QED) is 0.482. The topological polar surface area (TPSA) is 86.3 Å². The molecule has 0 aliphatic rings. The van der Waals surface area contributed by atoms with Crippen LogP contribution in [-0.4, -0.2) is 10.5 Å². The van der Waals surface area contributed by atoms with E-state index in [0.717, 1.165) is 4.57 Å². The molecule has 6 nitrogen and oxygen atoms in total. The van der Waals surface area contributed by atoms with Gasteiger partial charge in [0.05, 0.1) is 5.69 Å². The lowest BCUT2D eigenvalue weighted by molar-refractivity contribution is 0.0997. The van der Waals surface area contributed by atoms with Crippen LogP contribution in [0.25, 0.3) is 0 Å². The van der Waals surface area contributed by atoms with Crippen molar-refractivity contribution in [3.63, 3.8) is 0 Å². The maximum atomic E-state index is 14.8. The Morgan fingerprint density at radius 2 is 1.87 bits per heavy atom. The average Bonchev–Trinajstić information content (AvgIpc) is 2.68. The number of amides is 1. The van der Waals surface area contributed by atoms with E-state index in [2.05, 4.69) is 5.32 Å². The number of hydrogen-bond donors (Lipinski definition) is 2. The molecule has 1 heterocycles. The lowest BCUT2D eigenvalue weighted by Gasteiger charge is -2.19. The van der Waals surface area contributed by atoms with Gasteiger partial charge in [0.1, 0.15) is 28.8 Å². The summed E-state index contributed by atoms with van der Waals surface area (Å²) in [6.45, 7) is 1.38. The second-order valence-corrected chi connectivity index (χ2v) is 7.55. The highest BCUT2D eigenvalue weighted by molar-refractivity contribution is 14.1. The van der Waals surface area contributed by atoms with E-state index in [9.17, 15) is 22.8 Å². The van der Waals surface area contributed by atoms with Gasteiger partial charge in [-0.25, -0.2) is 8.78 Å². The molecule has 0 saturated heterocycles. The molecule has 0 spiro atoms. The van der Waals surface area contributed by atoms with Crippen molar-refractivity contribution in [3.8, 4) is 11.5 Å². The minimum atomic E-state index is -1.40. The summed E-state index contributed by atoms with van der Waals surface area (Å²) in [6.07, 6.45) is 0. The molecule has 156 valence electrons. The van der Waals surface area contributed by atoms with Crippen LogP contribution in [0, 0.1) is 27.9 Å². The number of nitrogens with zero attached hydrogens (tertiary/aromatic N) is 1.